The first kappa shape index (κ1) is 15.4. The van der Waals surface area contributed by atoms with Gasteiger partial charge in [0.2, 0.25) is 5.91 Å². The average molecular weight is 296 g/mol. The van der Waals surface area contributed by atoms with Crippen LogP contribution in [0.4, 0.5) is 0 Å². The minimum absolute atomic E-state index is 0.171. The molecule has 2 N–H and O–H groups in total. The second-order valence-corrected chi connectivity index (χ2v) is 7.08. The number of amides is 1. The summed E-state index contributed by atoms with van der Waals surface area (Å²) in [5.74, 6) is 0.171. The zero-order valence-electron chi connectivity index (χ0n) is 12.6. The number of aromatic nitrogens is 1. The second kappa shape index (κ2) is 6.20. The van der Waals surface area contributed by atoms with Gasteiger partial charge in [0.1, 0.15) is 0 Å². The molecular weight excluding hydrogens is 272 g/mol. The maximum atomic E-state index is 12.3. The van der Waals surface area contributed by atoms with Crippen LogP contribution in [0.2, 0.25) is 0 Å². The number of nitrogens with two attached hydrogens (primary N) is 1. The summed E-state index contributed by atoms with van der Waals surface area (Å²) in [7, 11) is 0. The molecule has 6 heteroatoms. The van der Waals surface area contributed by atoms with Gasteiger partial charge in [-0.2, -0.15) is 0 Å². The van der Waals surface area contributed by atoms with Crippen molar-refractivity contribution in [2.24, 2.45) is 11.1 Å². The molecule has 0 unspecified atom stereocenters. The minimum atomic E-state index is -0.450. The van der Waals surface area contributed by atoms with Crippen molar-refractivity contribution in [2.45, 2.75) is 27.3 Å². The third-order valence-corrected chi connectivity index (χ3v) is 4.62. The molecule has 1 aliphatic rings. The molecule has 1 aromatic rings. The number of rotatable bonds is 4. The molecule has 0 spiro atoms. The zero-order valence-corrected chi connectivity index (χ0v) is 13.4. The Bertz CT molecular complexity index is 463. The van der Waals surface area contributed by atoms with Gasteiger partial charge in [-0.25, -0.2) is 4.98 Å². The molecule has 2 heterocycles. The van der Waals surface area contributed by atoms with Crippen LogP contribution in [-0.4, -0.2) is 53.4 Å². The third kappa shape index (κ3) is 3.56. The van der Waals surface area contributed by atoms with Crippen molar-refractivity contribution in [2.75, 3.05) is 32.7 Å². The van der Waals surface area contributed by atoms with Crippen molar-refractivity contribution in [3.05, 3.63) is 16.1 Å². The lowest BCUT2D eigenvalue weighted by Crippen LogP contribution is -2.53. The second-order valence-electron chi connectivity index (χ2n) is 6.01. The van der Waals surface area contributed by atoms with E-state index in [1.807, 2.05) is 25.7 Å². The standard InChI is InChI=1S/C14H24N4OS/c1-11-16-12(9-20-11)8-17-4-6-18(7-5-17)13(19)14(2,3)10-15/h9H,4-8,10,15H2,1-3H3. The van der Waals surface area contributed by atoms with Crippen LogP contribution in [0.15, 0.2) is 5.38 Å². The number of thiazole rings is 1. The maximum absolute atomic E-state index is 12.3. The molecule has 1 aromatic heterocycles. The van der Waals surface area contributed by atoms with Crippen LogP contribution in [0.25, 0.3) is 0 Å². The minimum Gasteiger partial charge on any atom is -0.340 e. The molecule has 0 aromatic carbocycles. The summed E-state index contributed by atoms with van der Waals surface area (Å²) in [6.45, 7) is 10.5. The molecule has 1 fully saturated rings. The molecule has 112 valence electrons. The zero-order chi connectivity index (χ0) is 14.8. The van der Waals surface area contributed by atoms with E-state index >= 15 is 0 Å². The molecule has 1 saturated heterocycles. The highest BCUT2D eigenvalue weighted by Crippen LogP contribution is 2.19. The SMILES string of the molecule is Cc1nc(CN2CCN(C(=O)C(C)(C)CN)CC2)cs1. The highest BCUT2D eigenvalue weighted by atomic mass is 32.1. The fourth-order valence-corrected chi connectivity index (χ4v) is 2.94. The smallest absolute Gasteiger partial charge is 0.229 e. The quantitative estimate of drug-likeness (QED) is 0.903. The van der Waals surface area contributed by atoms with Crippen LogP contribution in [0.5, 0.6) is 0 Å². The molecule has 1 amide bonds. The lowest BCUT2D eigenvalue weighted by molar-refractivity contribution is -0.141. The van der Waals surface area contributed by atoms with Crippen LogP contribution in [0.3, 0.4) is 0 Å². The Balaban J connectivity index is 1.85. The number of nitrogens with zero attached hydrogens (tertiary/aromatic N) is 3. The summed E-state index contributed by atoms with van der Waals surface area (Å²) in [6.07, 6.45) is 0. The van der Waals surface area contributed by atoms with Crippen LogP contribution >= 0.6 is 11.3 Å². The molecule has 0 radical (unpaired) electrons. The van der Waals surface area contributed by atoms with Crippen LogP contribution < -0.4 is 5.73 Å². The topological polar surface area (TPSA) is 62.5 Å². The molecule has 0 atom stereocenters. The third-order valence-electron chi connectivity index (χ3n) is 3.80. The Morgan fingerprint density at radius 3 is 2.55 bits per heavy atom. The summed E-state index contributed by atoms with van der Waals surface area (Å²) >= 11 is 1.69. The first-order valence-electron chi connectivity index (χ1n) is 7.05. The lowest BCUT2D eigenvalue weighted by atomic mass is 9.91. The Labute approximate surface area is 124 Å². The maximum Gasteiger partial charge on any atom is 0.229 e. The number of piperazine rings is 1. The molecule has 1 aliphatic heterocycles. The summed E-state index contributed by atoms with van der Waals surface area (Å²) < 4.78 is 0. The van der Waals surface area contributed by atoms with Crippen molar-refractivity contribution in [3.8, 4) is 0 Å². The highest BCUT2D eigenvalue weighted by molar-refractivity contribution is 7.09. The highest BCUT2D eigenvalue weighted by Gasteiger charge is 2.32. The molecule has 0 saturated carbocycles. The van der Waals surface area contributed by atoms with E-state index in [2.05, 4.69) is 15.3 Å². The van der Waals surface area contributed by atoms with Gasteiger partial charge in [0, 0.05) is 44.6 Å². The fourth-order valence-electron chi connectivity index (χ4n) is 2.33. The van der Waals surface area contributed by atoms with Gasteiger partial charge in [-0.15, -0.1) is 11.3 Å². The predicted octanol–water partition coefficient (Wildman–Crippen LogP) is 1.08. The Morgan fingerprint density at radius 1 is 1.40 bits per heavy atom. The molecule has 0 aliphatic carbocycles. The summed E-state index contributed by atoms with van der Waals surface area (Å²) in [6, 6.07) is 0. The van der Waals surface area contributed by atoms with E-state index in [0.717, 1.165) is 43.4 Å². The number of carbonyl (C=O) groups is 1. The van der Waals surface area contributed by atoms with E-state index in [-0.39, 0.29) is 5.91 Å². The molecule has 2 rings (SSSR count). The summed E-state index contributed by atoms with van der Waals surface area (Å²) in [5, 5.41) is 3.23. The number of hydrogen-bond acceptors (Lipinski definition) is 5. The van der Waals surface area contributed by atoms with Crippen molar-refractivity contribution >= 4 is 17.2 Å². The van der Waals surface area contributed by atoms with Crippen molar-refractivity contribution in [3.63, 3.8) is 0 Å². The van der Waals surface area contributed by atoms with Crippen LogP contribution in [-0.2, 0) is 11.3 Å². The van der Waals surface area contributed by atoms with Crippen molar-refractivity contribution < 1.29 is 4.79 Å². The number of carbonyl (C=O) groups excluding carboxylic acids is 1. The lowest BCUT2D eigenvalue weighted by Gasteiger charge is -2.38. The van der Waals surface area contributed by atoms with E-state index in [4.69, 9.17) is 5.73 Å². The van der Waals surface area contributed by atoms with Crippen LogP contribution in [0, 0.1) is 12.3 Å². The molecular formula is C14H24N4OS. The fraction of sp³-hybridized carbons (Fsp3) is 0.714. The van der Waals surface area contributed by atoms with E-state index in [0.29, 0.717) is 6.54 Å². The van der Waals surface area contributed by atoms with E-state index in [1.165, 1.54) is 0 Å². The Kier molecular flexibility index (Phi) is 4.78. The molecule has 20 heavy (non-hydrogen) atoms. The van der Waals surface area contributed by atoms with Gasteiger partial charge >= 0.3 is 0 Å². The molecule has 0 bridgehead atoms. The monoisotopic (exact) mass is 296 g/mol. The summed E-state index contributed by atoms with van der Waals surface area (Å²) in [5.41, 5.74) is 6.36. The average Bonchev–Trinajstić information content (AvgIpc) is 2.84. The van der Waals surface area contributed by atoms with E-state index < -0.39 is 5.41 Å². The van der Waals surface area contributed by atoms with Gasteiger partial charge in [-0.1, -0.05) is 0 Å². The van der Waals surface area contributed by atoms with Crippen molar-refractivity contribution in [1.82, 2.24) is 14.8 Å². The van der Waals surface area contributed by atoms with Gasteiger partial charge in [0.25, 0.3) is 0 Å². The Morgan fingerprint density at radius 2 is 2.05 bits per heavy atom. The summed E-state index contributed by atoms with van der Waals surface area (Å²) in [4.78, 5) is 21.1. The Hall–Kier alpha value is -0.980. The first-order valence-corrected chi connectivity index (χ1v) is 7.93. The number of hydrogen-bond donors (Lipinski definition) is 1. The molecule has 5 nitrogen and oxygen atoms in total. The van der Waals surface area contributed by atoms with Gasteiger partial charge < -0.3 is 10.6 Å². The van der Waals surface area contributed by atoms with Crippen LogP contribution in [0.1, 0.15) is 24.5 Å². The predicted molar refractivity (Wildman–Crippen MR) is 81.5 cm³/mol. The van der Waals surface area contributed by atoms with Gasteiger partial charge in [0.05, 0.1) is 16.1 Å². The first-order chi connectivity index (χ1) is 9.42. The van der Waals surface area contributed by atoms with Crippen molar-refractivity contribution in [1.29, 1.82) is 0 Å². The van der Waals surface area contributed by atoms with E-state index in [1.54, 1.807) is 11.3 Å². The largest absolute Gasteiger partial charge is 0.340 e. The van der Waals surface area contributed by atoms with Gasteiger partial charge in [-0.05, 0) is 20.8 Å². The van der Waals surface area contributed by atoms with Gasteiger partial charge in [0.15, 0.2) is 0 Å². The normalized spacial score (nSPS) is 17.5. The van der Waals surface area contributed by atoms with Gasteiger partial charge in [-0.3, -0.25) is 9.69 Å². The van der Waals surface area contributed by atoms with E-state index in [9.17, 15) is 4.79 Å². The number of aryl methyl sites for hydroxylation is 1.